The summed E-state index contributed by atoms with van der Waals surface area (Å²) in [5.41, 5.74) is 5.40. The van der Waals surface area contributed by atoms with E-state index in [1.807, 2.05) is 20.8 Å². The molecule has 5 rings (SSSR count). The molecule has 0 aromatic carbocycles. The van der Waals surface area contributed by atoms with Gasteiger partial charge in [0, 0.05) is 11.0 Å². The molecule has 3 N–H and O–H groups in total. The first kappa shape index (κ1) is 19.6. The van der Waals surface area contributed by atoms with Crippen LogP contribution in [0.3, 0.4) is 0 Å². The molecular weight excluding hydrogens is 356 g/mol. The largest absolute Gasteiger partial charge is 0.364 e. The summed E-state index contributed by atoms with van der Waals surface area (Å²) in [6.07, 6.45) is 6.70. The molecule has 7 nitrogen and oxygen atoms in total. The van der Waals surface area contributed by atoms with Crippen molar-refractivity contribution in [1.82, 2.24) is 14.8 Å². The Bertz CT molecular complexity index is 772. The van der Waals surface area contributed by atoms with Gasteiger partial charge < -0.3 is 10.9 Å². The molecule has 1 aromatic heterocycles. The molecule has 4 saturated carbocycles. The number of hydrogen-bond acceptors (Lipinski definition) is 5. The predicted octanol–water partition coefficient (Wildman–Crippen LogP) is 2.97. The molecule has 0 saturated heterocycles. The van der Waals surface area contributed by atoms with E-state index < -0.39 is 17.4 Å². The molecule has 7 heteroatoms. The van der Waals surface area contributed by atoms with Gasteiger partial charge in [0.2, 0.25) is 0 Å². The fourth-order valence-corrected chi connectivity index (χ4v) is 6.24. The minimum atomic E-state index is -0.738. The Morgan fingerprint density at radius 2 is 1.71 bits per heavy atom. The van der Waals surface area contributed by atoms with Crippen molar-refractivity contribution in [3.05, 3.63) is 17.5 Å². The van der Waals surface area contributed by atoms with Gasteiger partial charge in [0.05, 0.1) is 5.69 Å². The van der Waals surface area contributed by atoms with Crippen LogP contribution in [0.2, 0.25) is 0 Å². The van der Waals surface area contributed by atoms with Gasteiger partial charge in [-0.15, -0.1) is 0 Å². The van der Waals surface area contributed by atoms with Crippen LogP contribution in [-0.2, 0) is 5.41 Å². The molecule has 1 aromatic rings. The highest BCUT2D eigenvalue weighted by molar-refractivity contribution is 5.92. The van der Waals surface area contributed by atoms with Crippen LogP contribution in [-0.4, -0.2) is 43.4 Å². The quantitative estimate of drug-likeness (QED) is 0.772. The third-order valence-electron chi connectivity index (χ3n) is 7.16. The lowest BCUT2D eigenvalue weighted by atomic mass is 9.52. The van der Waals surface area contributed by atoms with Crippen LogP contribution in [0.1, 0.15) is 87.2 Å². The lowest BCUT2D eigenvalue weighted by Gasteiger charge is -2.59. The van der Waals surface area contributed by atoms with Crippen molar-refractivity contribution in [2.45, 2.75) is 83.2 Å². The van der Waals surface area contributed by atoms with Crippen molar-refractivity contribution in [3.8, 4) is 0 Å². The third kappa shape index (κ3) is 3.08. The average Bonchev–Trinajstić information content (AvgIpc) is 3.04. The van der Waals surface area contributed by atoms with Gasteiger partial charge in [-0.1, -0.05) is 20.8 Å². The molecule has 4 aliphatic rings. The standard InChI is InChI=1S/C21H32N4O3/c1-12(19(27)24-17(20(2,3)4)8-16(23-24)18(22)26)25(28)21-9-13-5-14(10-21)7-15(6-13)11-21/h8,12-15,28H,5-7,9-11H2,1-4H3,(H2,22,26). The van der Waals surface area contributed by atoms with Crippen molar-refractivity contribution in [2.24, 2.45) is 23.5 Å². The number of nitrogens with two attached hydrogens (primary N) is 1. The van der Waals surface area contributed by atoms with Crippen molar-refractivity contribution < 1.29 is 14.8 Å². The zero-order chi connectivity index (χ0) is 20.4. The smallest absolute Gasteiger partial charge is 0.269 e. The van der Waals surface area contributed by atoms with E-state index in [-0.39, 0.29) is 17.1 Å². The molecule has 28 heavy (non-hydrogen) atoms. The molecular formula is C21H32N4O3. The number of aromatic nitrogens is 2. The van der Waals surface area contributed by atoms with E-state index in [9.17, 15) is 14.8 Å². The molecule has 0 aliphatic heterocycles. The maximum atomic E-state index is 13.3. The maximum Gasteiger partial charge on any atom is 0.269 e. The molecule has 0 radical (unpaired) electrons. The number of carbonyl (C=O) groups excluding carboxylic acids is 2. The molecule has 1 heterocycles. The molecule has 154 valence electrons. The summed E-state index contributed by atoms with van der Waals surface area (Å²) >= 11 is 0. The second kappa shape index (κ2) is 6.39. The summed E-state index contributed by atoms with van der Waals surface area (Å²) in [5, 5.41) is 16.7. The van der Waals surface area contributed by atoms with Gasteiger partial charge in [-0.25, -0.2) is 4.68 Å². The SMILES string of the molecule is CC(C(=O)n1nc(C(N)=O)cc1C(C)(C)C)N(O)C12CC3CC(CC(C3)C1)C2. The number of carbonyl (C=O) groups is 2. The number of nitrogens with zero attached hydrogens (tertiary/aromatic N) is 3. The number of hydrogen-bond donors (Lipinski definition) is 2. The normalized spacial score (nSPS) is 32.7. The summed E-state index contributed by atoms with van der Waals surface area (Å²) in [5.74, 6) is 1.01. The van der Waals surface area contributed by atoms with E-state index in [1.165, 1.54) is 29.0 Å². The van der Waals surface area contributed by atoms with Crippen molar-refractivity contribution >= 4 is 11.8 Å². The van der Waals surface area contributed by atoms with Gasteiger partial charge >= 0.3 is 0 Å². The van der Waals surface area contributed by atoms with Crippen LogP contribution in [0, 0.1) is 17.8 Å². The third-order valence-corrected chi connectivity index (χ3v) is 7.16. The lowest BCUT2D eigenvalue weighted by Crippen LogP contribution is -2.62. The van der Waals surface area contributed by atoms with Crippen LogP contribution in [0.4, 0.5) is 0 Å². The Kier molecular flexibility index (Phi) is 4.47. The Hall–Kier alpha value is -1.73. The predicted molar refractivity (Wildman–Crippen MR) is 104 cm³/mol. The Balaban J connectivity index is 1.63. The molecule has 0 spiro atoms. The molecule has 1 atom stereocenters. The van der Waals surface area contributed by atoms with Gasteiger partial charge in [-0.2, -0.15) is 10.2 Å². The zero-order valence-corrected chi connectivity index (χ0v) is 17.3. The second-order valence-electron chi connectivity index (χ2n) is 10.4. The summed E-state index contributed by atoms with van der Waals surface area (Å²) < 4.78 is 1.27. The van der Waals surface area contributed by atoms with E-state index in [0.717, 1.165) is 19.3 Å². The molecule has 1 unspecified atom stereocenters. The van der Waals surface area contributed by atoms with Crippen LogP contribution in [0.15, 0.2) is 6.07 Å². The summed E-state index contributed by atoms with van der Waals surface area (Å²) in [7, 11) is 0. The number of amides is 1. The van der Waals surface area contributed by atoms with Gasteiger partial charge in [0.15, 0.2) is 5.69 Å². The van der Waals surface area contributed by atoms with Crippen molar-refractivity contribution in [3.63, 3.8) is 0 Å². The number of primary amides is 1. The maximum absolute atomic E-state index is 13.3. The monoisotopic (exact) mass is 388 g/mol. The highest BCUT2D eigenvalue weighted by Crippen LogP contribution is 2.57. The number of hydroxylamine groups is 2. The van der Waals surface area contributed by atoms with Gasteiger partial charge in [-0.3, -0.25) is 9.59 Å². The van der Waals surface area contributed by atoms with E-state index in [0.29, 0.717) is 23.4 Å². The zero-order valence-electron chi connectivity index (χ0n) is 17.3. The topological polar surface area (TPSA) is 101 Å². The van der Waals surface area contributed by atoms with Crippen molar-refractivity contribution in [1.29, 1.82) is 0 Å². The van der Waals surface area contributed by atoms with Crippen LogP contribution >= 0.6 is 0 Å². The summed E-state index contributed by atoms with van der Waals surface area (Å²) in [4.78, 5) is 25.0. The fourth-order valence-electron chi connectivity index (χ4n) is 6.24. The lowest BCUT2D eigenvalue weighted by molar-refractivity contribution is -0.239. The minimum absolute atomic E-state index is 0.0739. The summed E-state index contributed by atoms with van der Waals surface area (Å²) in [6, 6.07) is 0.845. The van der Waals surface area contributed by atoms with E-state index in [2.05, 4.69) is 5.10 Å². The van der Waals surface area contributed by atoms with Crippen molar-refractivity contribution in [2.75, 3.05) is 0 Å². The van der Waals surface area contributed by atoms with E-state index in [4.69, 9.17) is 5.73 Å². The Labute approximate surface area is 166 Å². The van der Waals surface area contributed by atoms with E-state index >= 15 is 0 Å². The minimum Gasteiger partial charge on any atom is -0.364 e. The molecule has 4 aliphatic carbocycles. The summed E-state index contributed by atoms with van der Waals surface area (Å²) in [6.45, 7) is 7.61. The first-order valence-electron chi connectivity index (χ1n) is 10.4. The van der Waals surface area contributed by atoms with Gasteiger partial charge in [-0.05, 0) is 69.3 Å². The van der Waals surface area contributed by atoms with E-state index in [1.54, 1.807) is 13.0 Å². The molecule has 4 fully saturated rings. The van der Waals surface area contributed by atoms with Crippen LogP contribution < -0.4 is 5.73 Å². The van der Waals surface area contributed by atoms with Crippen LogP contribution in [0.5, 0.6) is 0 Å². The molecule has 4 bridgehead atoms. The Morgan fingerprint density at radius 3 is 2.14 bits per heavy atom. The van der Waals surface area contributed by atoms with Gasteiger partial charge in [0.1, 0.15) is 6.04 Å². The highest BCUT2D eigenvalue weighted by Gasteiger charge is 2.55. The van der Waals surface area contributed by atoms with Gasteiger partial charge in [0.25, 0.3) is 11.8 Å². The fraction of sp³-hybridized carbons (Fsp3) is 0.762. The number of rotatable bonds is 4. The first-order valence-corrected chi connectivity index (χ1v) is 10.4. The van der Waals surface area contributed by atoms with Crippen LogP contribution in [0.25, 0.3) is 0 Å². The first-order chi connectivity index (χ1) is 13.0. The highest BCUT2D eigenvalue weighted by atomic mass is 16.5. The Morgan fingerprint density at radius 1 is 1.21 bits per heavy atom. The molecule has 1 amide bonds. The average molecular weight is 389 g/mol. The second-order valence-corrected chi connectivity index (χ2v) is 10.4.